The second-order valence-corrected chi connectivity index (χ2v) is 4.96. The summed E-state index contributed by atoms with van der Waals surface area (Å²) < 4.78 is 6.59. The number of amides is 1. The van der Waals surface area contributed by atoms with Gasteiger partial charge in [-0.1, -0.05) is 0 Å². The highest BCUT2D eigenvalue weighted by molar-refractivity contribution is 5.99. The van der Waals surface area contributed by atoms with E-state index in [9.17, 15) is 4.79 Å². The number of aromatic amines is 1. The quantitative estimate of drug-likeness (QED) is 0.727. The van der Waals surface area contributed by atoms with Crippen LogP contribution in [0.3, 0.4) is 0 Å². The van der Waals surface area contributed by atoms with E-state index in [2.05, 4.69) is 25.6 Å². The highest BCUT2D eigenvalue weighted by Crippen LogP contribution is 2.09. The van der Waals surface area contributed by atoms with Crippen LogP contribution in [0.5, 0.6) is 0 Å². The summed E-state index contributed by atoms with van der Waals surface area (Å²) in [5.41, 5.74) is 3.55. The van der Waals surface area contributed by atoms with E-state index >= 15 is 0 Å². The number of rotatable bonds is 5. The lowest BCUT2D eigenvalue weighted by Gasteiger charge is -2.02. The van der Waals surface area contributed by atoms with Gasteiger partial charge in [-0.15, -0.1) is 0 Å². The maximum absolute atomic E-state index is 12.2. The molecule has 114 valence electrons. The number of carbonyl (C=O) groups is 1. The van der Waals surface area contributed by atoms with Crippen molar-refractivity contribution in [2.75, 3.05) is 7.11 Å². The van der Waals surface area contributed by atoms with Crippen molar-refractivity contribution in [3.8, 4) is 0 Å². The molecule has 3 aromatic rings. The molecule has 2 N–H and O–H groups in total. The standard InChI is InChI=1S/C14H16N6O2/c1-9-4-15-13-12(6-17-20(13)7-9)14(21)16-5-10-3-11(8-22-2)19-18-10/h3-4,6-7H,5,8H2,1-2H3,(H,16,21)(H,18,19). The van der Waals surface area contributed by atoms with Crippen molar-refractivity contribution in [2.45, 2.75) is 20.1 Å². The third-order valence-electron chi connectivity index (χ3n) is 3.15. The van der Waals surface area contributed by atoms with E-state index < -0.39 is 0 Å². The SMILES string of the molecule is COCc1cc(CNC(=O)c2cnn3cc(C)cnc23)[nH]n1. The maximum Gasteiger partial charge on any atom is 0.257 e. The van der Waals surface area contributed by atoms with Gasteiger partial charge in [0.05, 0.1) is 30.7 Å². The highest BCUT2D eigenvalue weighted by atomic mass is 16.5. The van der Waals surface area contributed by atoms with Crippen LogP contribution in [0.25, 0.3) is 5.65 Å². The largest absolute Gasteiger partial charge is 0.378 e. The fourth-order valence-corrected chi connectivity index (χ4v) is 2.12. The molecule has 8 heteroatoms. The van der Waals surface area contributed by atoms with Gasteiger partial charge < -0.3 is 10.1 Å². The van der Waals surface area contributed by atoms with Gasteiger partial charge >= 0.3 is 0 Å². The Morgan fingerprint density at radius 1 is 1.45 bits per heavy atom. The van der Waals surface area contributed by atoms with Crippen LogP contribution in [-0.4, -0.2) is 37.8 Å². The lowest BCUT2D eigenvalue weighted by molar-refractivity contribution is 0.0952. The molecule has 0 fully saturated rings. The smallest absolute Gasteiger partial charge is 0.257 e. The van der Waals surface area contributed by atoms with Crippen LogP contribution in [0, 0.1) is 6.92 Å². The van der Waals surface area contributed by atoms with Crippen LogP contribution in [0.15, 0.2) is 24.7 Å². The van der Waals surface area contributed by atoms with Crippen LogP contribution in [-0.2, 0) is 17.9 Å². The van der Waals surface area contributed by atoms with Crippen molar-refractivity contribution in [1.82, 2.24) is 30.1 Å². The normalized spacial score (nSPS) is 11.0. The van der Waals surface area contributed by atoms with E-state index in [1.807, 2.05) is 19.2 Å². The fraction of sp³-hybridized carbons (Fsp3) is 0.286. The summed E-state index contributed by atoms with van der Waals surface area (Å²) in [6, 6.07) is 1.85. The Kier molecular flexibility index (Phi) is 3.84. The first-order valence-corrected chi connectivity index (χ1v) is 6.77. The molecule has 0 radical (unpaired) electrons. The van der Waals surface area contributed by atoms with Gasteiger partial charge in [-0.2, -0.15) is 10.2 Å². The molecular weight excluding hydrogens is 284 g/mol. The number of H-pyrrole nitrogens is 1. The Morgan fingerprint density at radius 2 is 2.32 bits per heavy atom. The van der Waals surface area contributed by atoms with Gasteiger partial charge in [0, 0.05) is 19.5 Å². The molecule has 0 aliphatic heterocycles. The number of aryl methyl sites for hydroxylation is 1. The van der Waals surface area contributed by atoms with Crippen molar-refractivity contribution in [2.24, 2.45) is 0 Å². The van der Waals surface area contributed by atoms with Crippen LogP contribution in [0.2, 0.25) is 0 Å². The number of nitrogens with one attached hydrogen (secondary N) is 2. The molecule has 3 heterocycles. The first-order valence-electron chi connectivity index (χ1n) is 6.77. The minimum atomic E-state index is -0.228. The third-order valence-corrected chi connectivity index (χ3v) is 3.15. The van der Waals surface area contributed by atoms with E-state index in [1.165, 1.54) is 6.20 Å². The summed E-state index contributed by atoms with van der Waals surface area (Å²) in [6.45, 7) is 2.70. The molecule has 0 bridgehead atoms. The van der Waals surface area contributed by atoms with Gasteiger partial charge in [-0.25, -0.2) is 9.50 Å². The molecule has 0 saturated carbocycles. The van der Waals surface area contributed by atoms with E-state index in [0.717, 1.165) is 17.0 Å². The van der Waals surface area contributed by atoms with E-state index in [-0.39, 0.29) is 5.91 Å². The van der Waals surface area contributed by atoms with Gasteiger partial charge in [-0.3, -0.25) is 9.89 Å². The number of nitrogens with zero attached hydrogens (tertiary/aromatic N) is 4. The Balaban J connectivity index is 1.70. The van der Waals surface area contributed by atoms with Gasteiger partial charge in [0.1, 0.15) is 5.56 Å². The molecular formula is C14H16N6O2. The zero-order valence-corrected chi connectivity index (χ0v) is 12.3. The Bertz CT molecular complexity index is 807. The predicted octanol–water partition coefficient (Wildman–Crippen LogP) is 0.837. The number of carbonyl (C=O) groups excluding carboxylic acids is 1. The molecule has 3 rings (SSSR count). The lowest BCUT2D eigenvalue weighted by atomic mass is 10.3. The lowest BCUT2D eigenvalue weighted by Crippen LogP contribution is -2.23. The van der Waals surface area contributed by atoms with Crippen LogP contribution < -0.4 is 5.32 Å². The number of hydrogen-bond acceptors (Lipinski definition) is 5. The minimum absolute atomic E-state index is 0.228. The number of ether oxygens (including phenoxy) is 1. The summed E-state index contributed by atoms with van der Waals surface area (Å²) in [5, 5.41) is 13.9. The molecule has 0 aliphatic carbocycles. The summed E-state index contributed by atoms with van der Waals surface area (Å²) in [4.78, 5) is 16.5. The summed E-state index contributed by atoms with van der Waals surface area (Å²) in [7, 11) is 1.61. The fourth-order valence-electron chi connectivity index (χ4n) is 2.12. The Morgan fingerprint density at radius 3 is 3.14 bits per heavy atom. The number of aromatic nitrogens is 5. The van der Waals surface area contributed by atoms with Crippen molar-refractivity contribution >= 4 is 11.6 Å². The van der Waals surface area contributed by atoms with E-state index in [4.69, 9.17) is 4.74 Å². The molecule has 8 nitrogen and oxygen atoms in total. The first-order chi connectivity index (χ1) is 10.7. The maximum atomic E-state index is 12.2. The van der Waals surface area contributed by atoms with E-state index in [1.54, 1.807) is 17.8 Å². The Labute approximate surface area is 126 Å². The van der Waals surface area contributed by atoms with Crippen molar-refractivity contribution in [1.29, 1.82) is 0 Å². The highest BCUT2D eigenvalue weighted by Gasteiger charge is 2.14. The van der Waals surface area contributed by atoms with E-state index in [0.29, 0.717) is 24.4 Å². The van der Waals surface area contributed by atoms with Crippen LogP contribution >= 0.6 is 0 Å². The summed E-state index contributed by atoms with van der Waals surface area (Å²) >= 11 is 0. The number of methoxy groups -OCH3 is 1. The molecule has 0 unspecified atom stereocenters. The topological polar surface area (TPSA) is 97.2 Å². The first kappa shape index (κ1) is 14.2. The number of hydrogen-bond donors (Lipinski definition) is 2. The molecule has 0 aromatic carbocycles. The summed E-state index contributed by atoms with van der Waals surface area (Å²) in [6.07, 6.45) is 5.05. The minimum Gasteiger partial charge on any atom is -0.378 e. The van der Waals surface area contributed by atoms with Gasteiger partial charge in [0.15, 0.2) is 5.65 Å². The molecule has 0 saturated heterocycles. The zero-order chi connectivity index (χ0) is 15.5. The molecule has 22 heavy (non-hydrogen) atoms. The number of fused-ring (bicyclic) bond motifs is 1. The third kappa shape index (κ3) is 2.82. The zero-order valence-electron chi connectivity index (χ0n) is 12.3. The predicted molar refractivity (Wildman–Crippen MR) is 78.2 cm³/mol. The summed E-state index contributed by atoms with van der Waals surface area (Å²) in [5.74, 6) is -0.228. The molecule has 0 atom stereocenters. The monoisotopic (exact) mass is 300 g/mol. The molecule has 0 aliphatic rings. The van der Waals surface area contributed by atoms with Crippen LogP contribution in [0.4, 0.5) is 0 Å². The van der Waals surface area contributed by atoms with Crippen molar-refractivity contribution in [3.05, 3.63) is 47.2 Å². The average Bonchev–Trinajstić information content (AvgIpc) is 3.11. The molecule has 3 aromatic heterocycles. The van der Waals surface area contributed by atoms with Gasteiger partial charge in [0.2, 0.25) is 0 Å². The second kappa shape index (κ2) is 5.94. The molecule has 1 amide bonds. The Hall–Kier alpha value is -2.74. The van der Waals surface area contributed by atoms with Crippen LogP contribution in [0.1, 0.15) is 27.3 Å². The average molecular weight is 300 g/mol. The second-order valence-electron chi connectivity index (χ2n) is 4.96. The van der Waals surface area contributed by atoms with Gasteiger partial charge in [-0.05, 0) is 18.6 Å². The van der Waals surface area contributed by atoms with Crippen molar-refractivity contribution in [3.63, 3.8) is 0 Å². The molecule has 0 spiro atoms. The van der Waals surface area contributed by atoms with Crippen molar-refractivity contribution < 1.29 is 9.53 Å². The van der Waals surface area contributed by atoms with Gasteiger partial charge in [0.25, 0.3) is 5.91 Å².